The predicted molar refractivity (Wildman–Crippen MR) is 72.9 cm³/mol. The molecule has 0 aromatic heterocycles. The monoisotopic (exact) mass is 277 g/mol. The Morgan fingerprint density at radius 3 is 2.55 bits per heavy atom. The summed E-state index contributed by atoms with van der Waals surface area (Å²) < 4.78 is 9.90. The summed E-state index contributed by atoms with van der Waals surface area (Å²) in [5, 5.41) is 0. The normalized spacial score (nSPS) is 22.0. The van der Waals surface area contributed by atoms with Crippen LogP contribution in [-0.4, -0.2) is 36.2 Å². The Morgan fingerprint density at radius 1 is 1.35 bits per heavy atom. The second kappa shape index (κ2) is 5.94. The highest BCUT2D eigenvalue weighted by Crippen LogP contribution is 2.28. The van der Waals surface area contributed by atoms with Crippen LogP contribution in [0.5, 0.6) is 0 Å². The van der Waals surface area contributed by atoms with E-state index < -0.39 is 18.2 Å². The molecule has 0 radical (unpaired) electrons. The van der Waals surface area contributed by atoms with Crippen molar-refractivity contribution in [1.82, 2.24) is 4.90 Å². The molecule has 1 saturated heterocycles. The summed E-state index contributed by atoms with van der Waals surface area (Å²) in [6.07, 6.45) is -1.32. The molecule has 0 aliphatic carbocycles. The summed E-state index contributed by atoms with van der Waals surface area (Å²) in [7, 11) is 1.30. The molecule has 1 aliphatic rings. The molecule has 2 rings (SSSR count). The average Bonchev–Trinajstić information content (AvgIpc) is 2.76. The Hall–Kier alpha value is -2.04. The highest BCUT2D eigenvalue weighted by Gasteiger charge is 2.47. The number of carbonyl (C=O) groups is 2. The topological polar surface area (TPSA) is 55.8 Å². The van der Waals surface area contributed by atoms with Crippen LogP contribution in [0.4, 0.5) is 4.79 Å². The number of amides is 1. The van der Waals surface area contributed by atoms with Crippen LogP contribution in [-0.2, 0) is 20.8 Å². The minimum absolute atomic E-state index is 0.0919. The van der Waals surface area contributed by atoms with Crippen molar-refractivity contribution in [2.45, 2.75) is 32.5 Å². The van der Waals surface area contributed by atoms with E-state index in [0.717, 1.165) is 5.56 Å². The molecular formula is C15H19NO4. The number of esters is 1. The fraction of sp³-hybridized carbons (Fsp3) is 0.467. The quantitative estimate of drug-likeness (QED) is 0.792. The lowest BCUT2D eigenvalue weighted by atomic mass is 9.97. The van der Waals surface area contributed by atoms with Crippen molar-refractivity contribution < 1.29 is 19.1 Å². The highest BCUT2D eigenvalue weighted by atomic mass is 16.6. The van der Waals surface area contributed by atoms with Crippen molar-refractivity contribution in [1.29, 1.82) is 0 Å². The molecule has 0 unspecified atom stereocenters. The second-order valence-electron chi connectivity index (χ2n) is 5.18. The second-order valence-corrected chi connectivity index (χ2v) is 5.18. The van der Waals surface area contributed by atoms with Gasteiger partial charge in [0, 0.05) is 6.54 Å². The van der Waals surface area contributed by atoms with Crippen molar-refractivity contribution in [2.75, 3.05) is 7.11 Å². The van der Waals surface area contributed by atoms with Gasteiger partial charge >= 0.3 is 12.1 Å². The maximum atomic E-state index is 12.0. The largest absolute Gasteiger partial charge is 0.466 e. The molecule has 1 heterocycles. The molecule has 1 amide bonds. The van der Waals surface area contributed by atoms with Gasteiger partial charge in [-0.25, -0.2) is 9.59 Å². The minimum Gasteiger partial charge on any atom is -0.466 e. The fourth-order valence-electron chi connectivity index (χ4n) is 2.49. The van der Waals surface area contributed by atoms with Crippen LogP contribution in [0.2, 0.25) is 0 Å². The molecule has 1 aliphatic heterocycles. The first-order valence-corrected chi connectivity index (χ1v) is 6.63. The lowest BCUT2D eigenvalue weighted by molar-refractivity contribution is -0.150. The number of ether oxygens (including phenoxy) is 2. The lowest BCUT2D eigenvalue weighted by Crippen LogP contribution is -2.43. The van der Waals surface area contributed by atoms with Gasteiger partial charge in [-0.15, -0.1) is 0 Å². The number of hydrogen-bond donors (Lipinski definition) is 0. The summed E-state index contributed by atoms with van der Waals surface area (Å²) >= 11 is 0. The zero-order valence-electron chi connectivity index (χ0n) is 11.9. The van der Waals surface area contributed by atoms with Crippen molar-refractivity contribution in [3.05, 3.63) is 35.9 Å². The number of nitrogens with zero attached hydrogens (tertiary/aromatic N) is 1. The number of methoxy groups -OCH3 is 1. The Labute approximate surface area is 118 Å². The molecule has 1 aromatic rings. The number of benzene rings is 1. The van der Waals surface area contributed by atoms with Crippen LogP contribution in [0.1, 0.15) is 19.4 Å². The Morgan fingerprint density at radius 2 is 2.00 bits per heavy atom. The number of cyclic esters (lactones) is 1. The van der Waals surface area contributed by atoms with Crippen LogP contribution in [0.3, 0.4) is 0 Å². The van der Waals surface area contributed by atoms with Gasteiger partial charge in [-0.05, 0) is 11.5 Å². The van der Waals surface area contributed by atoms with Crippen LogP contribution in [0.15, 0.2) is 30.3 Å². The molecule has 1 aromatic carbocycles. The first kappa shape index (κ1) is 14.4. The number of carbonyl (C=O) groups excluding carboxylic acids is 2. The van der Waals surface area contributed by atoms with E-state index in [1.54, 1.807) is 4.90 Å². The van der Waals surface area contributed by atoms with E-state index in [1.165, 1.54) is 7.11 Å². The van der Waals surface area contributed by atoms with Gasteiger partial charge in [-0.1, -0.05) is 44.2 Å². The van der Waals surface area contributed by atoms with Gasteiger partial charge in [0.2, 0.25) is 6.10 Å². The molecule has 20 heavy (non-hydrogen) atoms. The smallest absolute Gasteiger partial charge is 0.411 e. The van der Waals surface area contributed by atoms with Gasteiger partial charge in [-0.2, -0.15) is 0 Å². The summed E-state index contributed by atoms with van der Waals surface area (Å²) in [6, 6.07) is 9.32. The molecule has 2 atom stereocenters. The van der Waals surface area contributed by atoms with Crippen LogP contribution in [0, 0.1) is 5.92 Å². The molecule has 1 fully saturated rings. The lowest BCUT2D eigenvalue weighted by Gasteiger charge is -2.26. The van der Waals surface area contributed by atoms with Crippen LogP contribution >= 0.6 is 0 Å². The first-order chi connectivity index (χ1) is 9.54. The third kappa shape index (κ3) is 2.76. The van der Waals surface area contributed by atoms with Gasteiger partial charge < -0.3 is 9.47 Å². The SMILES string of the molecule is COC(=O)[C@H]1OC(=O)N(Cc2ccccc2)[C@H]1C(C)C. The summed E-state index contributed by atoms with van der Waals surface area (Å²) in [5.41, 5.74) is 1.00. The van der Waals surface area contributed by atoms with Crippen molar-refractivity contribution in [3.63, 3.8) is 0 Å². The van der Waals surface area contributed by atoms with Crippen LogP contribution in [0.25, 0.3) is 0 Å². The Balaban J connectivity index is 2.22. The van der Waals surface area contributed by atoms with Gasteiger partial charge in [0.05, 0.1) is 13.2 Å². The first-order valence-electron chi connectivity index (χ1n) is 6.63. The maximum absolute atomic E-state index is 12.0. The molecule has 0 bridgehead atoms. The molecule has 108 valence electrons. The van der Waals surface area contributed by atoms with E-state index in [4.69, 9.17) is 9.47 Å². The van der Waals surface area contributed by atoms with Crippen LogP contribution < -0.4 is 0 Å². The van der Waals surface area contributed by atoms with Gasteiger partial charge in [0.25, 0.3) is 0 Å². The zero-order valence-corrected chi connectivity index (χ0v) is 11.9. The van der Waals surface area contributed by atoms with Crippen molar-refractivity contribution >= 4 is 12.1 Å². The molecular weight excluding hydrogens is 258 g/mol. The molecule has 5 heteroatoms. The third-order valence-electron chi connectivity index (χ3n) is 3.44. The van der Waals surface area contributed by atoms with E-state index in [1.807, 2.05) is 44.2 Å². The standard InChI is InChI=1S/C15H19NO4/c1-10(2)12-13(14(17)19-3)20-15(18)16(12)9-11-7-5-4-6-8-11/h4-8,10,12-13H,9H2,1-3H3/t12-,13-/m0/s1. The predicted octanol–water partition coefficient (Wildman–Crippen LogP) is 2.21. The molecule has 0 N–H and O–H groups in total. The molecule has 0 spiro atoms. The Kier molecular flexibility index (Phi) is 4.27. The van der Waals surface area contributed by atoms with Gasteiger partial charge in [0.1, 0.15) is 0 Å². The van der Waals surface area contributed by atoms with E-state index in [0.29, 0.717) is 6.54 Å². The van der Waals surface area contributed by atoms with Gasteiger partial charge in [0.15, 0.2) is 0 Å². The minimum atomic E-state index is -0.851. The van der Waals surface area contributed by atoms with Crippen molar-refractivity contribution in [3.8, 4) is 0 Å². The third-order valence-corrected chi connectivity index (χ3v) is 3.44. The van der Waals surface area contributed by atoms with E-state index in [2.05, 4.69) is 0 Å². The average molecular weight is 277 g/mol. The summed E-state index contributed by atoms with van der Waals surface area (Å²) in [5.74, 6) is -0.415. The molecule has 5 nitrogen and oxygen atoms in total. The molecule has 0 saturated carbocycles. The highest BCUT2D eigenvalue weighted by molar-refractivity contribution is 5.83. The van der Waals surface area contributed by atoms with E-state index >= 15 is 0 Å². The summed E-state index contributed by atoms with van der Waals surface area (Å²) in [6.45, 7) is 4.34. The number of hydrogen-bond acceptors (Lipinski definition) is 4. The zero-order chi connectivity index (χ0) is 14.7. The fourth-order valence-corrected chi connectivity index (χ4v) is 2.49. The van der Waals surface area contributed by atoms with E-state index in [9.17, 15) is 9.59 Å². The number of rotatable bonds is 4. The van der Waals surface area contributed by atoms with Gasteiger partial charge in [-0.3, -0.25) is 4.90 Å². The summed E-state index contributed by atoms with van der Waals surface area (Å²) in [4.78, 5) is 25.4. The Bertz CT molecular complexity index is 486. The van der Waals surface area contributed by atoms with Crippen molar-refractivity contribution in [2.24, 2.45) is 5.92 Å². The van der Waals surface area contributed by atoms with E-state index in [-0.39, 0.29) is 12.0 Å². The maximum Gasteiger partial charge on any atom is 0.411 e.